The van der Waals surface area contributed by atoms with E-state index in [-0.39, 0.29) is 30.0 Å². The monoisotopic (exact) mass is 327 g/mol. The van der Waals surface area contributed by atoms with Gasteiger partial charge in [0.25, 0.3) is 0 Å². The number of carboxylic acids is 1. The molecule has 2 rings (SSSR count). The number of carboxylic acid groups (broad SMARTS) is 1. The number of amides is 1. The van der Waals surface area contributed by atoms with Crippen molar-refractivity contribution in [3.63, 3.8) is 0 Å². The topological polar surface area (TPSA) is 75.6 Å². The van der Waals surface area contributed by atoms with Crippen molar-refractivity contribution < 1.29 is 28.2 Å². The number of carbonyl (C=O) groups is 2. The molecule has 1 fully saturated rings. The zero-order valence-corrected chi connectivity index (χ0v) is 12.5. The minimum Gasteiger partial charge on any atom is -0.481 e. The lowest BCUT2D eigenvalue weighted by Crippen LogP contribution is -2.33. The van der Waals surface area contributed by atoms with Crippen LogP contribution in [0.5, 0.6) is 5.75 Å². The van der Waals surface area contributed by atoms with Crippen LogP contribution < -0.4 is 10.1 Å². The second kappa shape index (κ2) is 7.89. The highest BCUT2D eigenvalue weighted by Crippen LogP contribution is 2.25. The number of alkyl halides is 2. The third kappa shape index (κ3) is 5.50. The Morgan fingerprint density at radius 2 is 1.96 bits per heavy atom. The average molecular weight is 327 g/mol. The molecule has 2 N–H and O–H groups in total. The predicted octanol–water partition coefficient (Wildman–Crippen LogP) is 2.59. The van der Waals surface area contributed by atoms with E-state index in [0.717, 1.165) is 5.56 Å². The van der Waals surface area contributed by atoms with Gasteiger partial charge >= 0.3 is 12.6 Å². The van der Waals surface area contributed by atoms with Gasteiger partial charge in [-0.3, -0.25) is 9.59 Å². The molecule has 0 bridgehead atoms. The zero-order chi connectivity index (χ0) is 16.8. The zero-order valence-electron chi connectivity index (χ0n) is 12.5. The molecular weight excluding hydrogens is 308 g/mol. The first-order valence-electron chi connectivity index (χ1n) is 7.50. The molecule has 1 aliphatic rings. The fourth-order valence-corrected chi connectivity index (χ4v) is 2.73. The third-order valence-electron chi connectivity index (χ3n) is 3.94. The molecule has 0 saturated heterocycles. The van der Waals surface area contributed by atoms with Crippen LogP contribution in [0.1, 0.15) is 31.2 Å². The lowest BCUT2D eigenvalue weighted by Gasteiger charge is -2.12. The summed E-state index contributed by atoms with van der Waals surface area (Å²) in [5, 5.41) is 11.8. The lowest BCUT2D eigenvalue weighted by atomic mass is 10.1. The molecule has 1 amide bonds. The van der Waals surface area contributed by atoms with Gasteiger partial charge in [-0.15, -0.1) is 0 Å². The molecule has 0 heterocycles. The maximum atomic E-state index is 12.0. The number of halogens is 2. The Balaban J connectivity index is 1.73. The summed E-state index contributed by atoms with van der Waals surface area (Å²) < 4.78 is 28.3. The van der Waals surface area contributed by atoms with E-state index < -0.39 is 12.6 Å². The number of aliphatic carboxylic acids is 1. The van der Waals surface area contributed by atoms with Crippen LogP contribution in [0.25, 0.3) is 0 Å². The molecule has 5 nitrogen and oxygen atoms in total. The number of nitrogens with one attached hydrogen (secondary N) is 1. The number of aryl methyl sites for hydroxylation is 1. The Morgan fingerprint density at radius 3 is 2.52 bits per heavy atom. The Kier molecular flexibility index (Phi) is 5.90. The third-order valence-corrected chi connectivity index (χ3v) is 3.94. The van der Waals surface area contributed by atoms with E-state index in [0.29, 0.717) is 25.7 Å². The SMILES string of the molecule is O=C(CCc1ccc(OC(F)F)cc1)N[C@@H]1CC[C@H](C(=O)O)C1. The van der Waals surface area contributed by atoms with Gasteiger partial charge in [-0.25, -0.2) is 0 Å². The van der Waals surface area contributed by atoms with E-state index in [1.54, 1.807) is 12.1 Å². The van der Waals surface area contributed by atoms with Crippen LogP contribution >= 0.6 is 0 Å². The average Bonchev–Trinajstić information content (AvgIpc) is 2.95. The molecular formula is C16H19F2NO4. The van der Waals surface area contributed by atoms with Gasteiger partial charge in [0.2, 0.25) is 5.91 Å². The maximum Gasteiger partial charge on any atom is 0.387 e. The minimum atomic E-state index is -2.85. The molecule has 1 aromatic carbocycles. The van der Waals surface area contributed by atoms with Gasteiger partial charge in [0.1, 0.15) is 5.75 Å². The summed E-state index contributed by atoms with van der Waals surface area (Å²) >= 11 is 0. The Labute approximate surface area is 132 Å². The summed E-state index contributed by atoms with van der Waals surface area (Å²) in [6.45, 7) is -2.85. The van der Waals surface area contributed by atoms with E-state index in [4.69, 9.17) is 5.11 Å². The van der Waals surface area contributed by atoms with Crippen LogP contribution in [-0.4, -0.2) is 29.6 Å². The summed E-state index contributed by atoms with van der Waals surface area (Å²) in [6, 6.07) is 6.08. The molecule has 1 aromatic rings. The highest BCUT2D eigenvalue weighted by Gasteiger charge is 2.30. The summed E-state index contributed by atoms with van der Waals surface area (Å²) in [4.78, 5) is 22.7. The Morgan fingerprint density at radius 1 is 1.26 bits per heavy atom. The summed E-state index contributed by atoms with van der Waals surface area (Å²) in [6.07, 6.45) is 2.49. The maximum absolute atomic E-state index is 12.0. The van der Waals surface area contributed by atoms with Crippen molar-refractivity contribution in [2.75, 3.05) is 0 Å². The molecule has 0 unspecified atom stereocenters. The normalized spacial score (nSPS) is 20.5. The molecule has 1 aliphatic carbocycles. The first-order valence-corrected chi connectivity index (χ1v) is 7.50. The van der Waals surface area contributed by atoms with Crippen molar-refractivity contribution in [3.8, 4) is 5.75 Å². The van der Waals surface area contributed by atoms with Gasteiger partial charge in [0.05, 0.1) is 5.92 Å². The molecule has 2 atom stereocenters. The van der Waals surface area contributed by atoms with E-state index in [2.05, 4.69) is 10.1 Å². The number of benzene rings is 1. The molecule has 126 valence electrons. The van der Waals surface area contributed by atoms with Gasteiger partial charge in [-0.05, 0) is 43.4 Å². The number of carbonyl (C=O) groups excluding carboxylic acids is 1. The van der Waals surface area contributed by atoms with Gasteiger partial charge in [-0.2, -0.15) is 8.78 Å². The highest BCUT2D eigenvalue weighted by molar-refractivity contribution is 5.77. The molecule has 0 aliphatic heterocycles. The first-order chi connectivity index (χ1) is 10.9. The van der Waals surface area contributed by atoms with Crippen molar-refractivity contribution in [2.45, 2.75) is 44.8 Å². The van der Waals surface area contributed by atoms with Crippen molar-refractivity contribution in [1.82, 2.24) is 5.32 Å². The van der Waals surface area contributed by atoms with Crippen molar-refractivity contribution >= 4 is 11.9 Å². The number of hydrogen-bond donors (Lipinski definition) is 2. The van der Waals surface area contributed by atoms with Crippen LogP contribution in [0.4, 0.5) is 8.78 Å². The van der Waals surface area contributed by atoms with Crippen molar-refractivity contribution in [3.05, 3.63) is 29.8 Å². The van der Waals surface area contributed by atoms with Crippen molar-refractivity contribution in [2.24, 2.45) is 5.92 Å². The molecule has 0 radical (unpaired) electrons. The molecule has 0 aromatic heterocycles. The highest BCUT2D eigenvalue weighted by atomic mass is 19.3. The molecule has 1 saturated carbocycles. The Hall–Kier alpha value is -2.18. The summed E-state index contributed by atoms with van der Waals surface area (Å²) in [7, 11) is 0. The van der Waals surface area contributed by atoms with Gasteiger partial charge in [0.15, 0.2) is 0 Å². The van der Waals surface area contributed by atoms with E-state index in [9.17, 15) is 18.4 Å². The standard InChI is InChI=1S/C16H19F2NO4/c17-16(18)23-13-6-1-10(2-7-13)3-8-14(20)19-12-5-4-11(9-12)15(21)22/h1-2,6-7,11-12,16H,3-5,8-9H2,(H,19,20)(H,21,22)/t11-,12+/m0/s1. The van der Waals surface area contributed by atoms with Crippen molar-refractivity contribution in [1.29, 1.82) is 0 Å². The molecule has 23 heavy (non-hydrogen) atoms. The quantitative estimate of drug-likeness (QED) is 0.807. The van der Waals surface area contributed by atoms with E-state index in [1.807, 2.05) is 0 Å². The lowest BCUT2D eigenvalue weighted by molar-refractivity contribution is -0.141. The number of hydrogen-bond acceptors (Lipinski definition) is 3. The molecule has 7 heteroatoms. The molecule has 0 spiro atoms. The predicted molar refractivity (Wildman–Crippen MR) is 78.3 cm³/mol. The first kappa shape index (κ1) is 17.2. The van der Waals surface area contributed by atoms with Crippen LogP contribution in [0.15, 0.2) is 24.3 Å². The van der Waals surface area contributed by atoms with Gasteiger partial charge in [0, 0.05) is 12.5 Å². The van der Waals surface area contributed by atoms with Crippen LogP contribution in [-0.2, 0) is 16.0 Å². The second-order valence-electron chi connectivity index (χ2n) is 5.64. The summed E-state index contributed by atoms with van der Waals surface area (Å²) in [5.41, 5.74) is 0.844. The van der Waals surface area contributed by atoms with E-state index >= 15 is 0 Å². The fraction of sp³-hybridized carbons (Fsp3) is 0.500. The number of ether oxygens (including phenoxy) is 1. The number of rotatable bonds is 7. The van der Waals surface area contributed by atoms with Crippen LogP contribution in [0, 0.1) is 5.92 Å². The fourth-order valence-electron chi connectivity index (χ4n) is 2.73. The van der Waals surface area contributed by atoms with E-state index in [1.165, 1.54) is 12.1 Å². The van der Waals surface area contributed by atoms with Crippen LogP contribution in [0.3, 0.4) is 0 Å². The minimum absolute atomic E-state index is 0.0783. The van der Waals surface area contributed by atoms with Gasteiger partial charge < -0.3 is 15.2 Å². The van der Waals surface area contributed by atoms with Crippen LogP contribution in [0.2, 0.25) is 0 Å². The van der Waals surface area contributed by atoms with Gasteiger partial charge in [-0.1, -0.05) is 12.1 Å². The second-order valence-corrected chi connectivity index (χ2v) is 5.64. The Bertz CT molecular complexity index is 548. The summed E-state index contributed by atoms with van der Waals surface area (Å²) in [5.74, 6) is -1.23. The smallest absolute Gasteiger partial charge is 0.387 e. The largest absolute Gasteiger partial charge is 0.481 e.